The van der Waals surface area contributed by atoms with Gasteiger partial charge in [-0.25, -0.2) is 0 Å². The first kappa shape index (κ1) is 15.5. The van der Waals surface area contributed by atoms with Gasteiger partial charge in [0.1, 0.15) is 0 Å². The van der Waals surface area contributed by atoms with Crippen molar-refractivity contribution in [2.24, 2.45) is 0 Å². The molecule has 1 N–H and O–H groups in total. The molecule has 1 aromatic carbocycles. The van der Waals surface area contributed by atoms with Crippen LogP contribution in [-0.4, -0.2) is 56.5 Å². The van der Waals surface area contributed by atoms with Crippen molar-refractivity contribution in [3.63, 3.8) is 0 Å². The van der Waals surface area contributed by atoms with E-state index < -0.39 is 0 Å². The number of carbonyl (C=O) groups is 1. The smallest absolute Gasteiger partial charge is 0.225 e. The van der Waals surface area contributed by atoms with Crippen molar-refractivity contribution in [1.29, 1.82) is 0 Å². The van der Waals surface area contributed by atoms with Gasteiger partial charge in [0.05, 0.1) is 19.6 Å². The fraction of sp³-hybridized carbons (Fsp3) is 0.588. The van der Waals surface area contributed by atoms with Crippen molar-refractivity contribution in [3.8, 4) is 0 Å². The van der Waals surface area contributed by atoms with Gasteiger partial charge in [-0.05, 0) is 19.0 Å². The quantitative estimate of drug-likeness (QED) is 0.912. The Balaban J connectivity index is 1.58. The van der Waals surface area contributed by atoms with E-state index in [0.29, 0.717) is 19.1 Å². The normalized spacial score (nSPS) is 27.0. The molecule has 2 aliphatic rings. The van der Waals surface area contributed by atoms with Crippen molar-refractivity contribution in [2.45, 2.75) is 31.1 Å². The van der Waals surface area contributed by atoms with E-state index in [4.69, 9.17) is 9.47 Å². The number of hydrogen-bond donors (Lipinski definition) is 1. The fourth-order valence-corrected chi connectivity index (χ4v) is 3.26. The Morgan fingerprint density at radius 1 is 1.23 bits per heavy atom. The molecule has 0 bridgehead atoms. The van der Waals surface area contributed by atoms with Gasteiger partial charge < -0.3 is 19.7 Å². The molecule has 120 valence electrons. The van der Waals surface area contributed by atoms with Crippen LogP contribution in [0.15, 0.2) is 30.3 Å². The first-order valence-corrected chi connectivity index (χ1v) is 7.98. The molecule has 2 fully saturated rings. The van der Waals surface area contributed by atoms with E-state index in [0.717, 1.165) is 19.5 Å². The summed E-state index contributed by atoms with van der Waals surface area (Å²) in [6.45, 7) is 3.19. The molecule has 2 heterocycles. The van der Waals surface area contributed by atoms with Gasteiger partial charge in [-0.15, -0.1) is 0 Å². The van der Waals surface area contributed by atoms with Crippen LogP contribution >= 0.6 is 0 Å². The Hall–Kier alpha value is -1.43. The van der Waals surface area contributed by atoms with Crippen LogP contribution in [-0.2, 0) is 14.3 Å². The largest absolute Gasteiger partial charge is 0.352 e. The van der Waals surface area contributed by atoms with Crippen molar-refractivity contribution < 1.29 is 14.3 Å². The highest BCUT2D eigenvalue weighted by molar-refractivity contribution is 5.76. The minimum absolute atomic E-state index is 0.00753. The molecular weight excluding hydrogens is 280 g/mol. The number of likely N-dealkylation sites (N-methyl/N-ethyl adjacent to an activating group) is 1. The number of ether oxygens (including phenoxy) is 2. The second kappa shape index (κ2) is 7.22. The first-order valence-electron chi connectivity index (χ1n) is 7.98. The average molecular weight is 304 g/mol. The van der Waals surface area contributed by atoms with E-state index in [1.807, 2.05) is 6.07 Å². The molecule has 5 heteroatoms. The van der Waals surface area contributed by atoms with Gasteiger partial charge in [-0.2, -0.15) is 0 Å². The molecule has 2 aliphatic heterocycles. The lowest BCUT2D eigenvalue weighted by Gasteiger charge is -2.25. The Bertz CT molecular complexity index is 488. The fourth-order valence-electron chi connectivity index (χ4n) is 3.26. The van der Waals surface area contributed by atoms with Gasteiger partial charge in [-0.3, -0.25) is 4.79 Å². The summed E-state index contributed by atoms with van der Waals surface area (Å²) < 4.78 is 10.9. The zero-order chi connectivity index (χ0) is 15.4. The van der Waals surface area contributed by atoms with E-state index in [2.05, 4.69) is 41.5 Å². The number of carbonyl (C=O) groups excluding carboxylic acids is 1. The van der Waals surface area contributed by atoms with E-state index in [1.54, 1.807) is 0 Å². The summed E-state index contributed by atoms with van der Waals surface area (Å²) in [6.07, 6.45) is 0.798. The molecule has 2 atom stereocenters. The zero-order valence-electron chi connectivity index (χ0n) is 13.0. The Labute approximate surface area is 131 Å². The summed E-state index contributed by atoms with van der Waals surface area (Å²) in [6, 6.07) is 10.5. The lowest BCUT2D eigenvalue weighted by Crippen LogP contribution is -2.42. The van der Waals surface area contributed by atoms with Gasteiger partial charge in [-0.1, -0.05) is 30.3 Å². The molecular formula is C17H24N2O3. The van der Waals surface area contributed by atoms with Crippen LogP contribution in [0, 0.1) is 0 Å². The molecule has 5 nitrogen and oxygen atoms in total. The number of hydrogen-bond acceptors (Lipinski definition) is 4. The molecule has 0 radical (unpaired) electrons. The topological polar surface area (TPSA) is 50.8 Å². The van der Waals surface area contributed by atoms with Crippen LogP contribution in [0.2, 0.25) is 0 Å². The number of amides is 1. The van der Waals surface area contributed by atoms with Gasteiger partial charge >= 0.3 is 0 Å². The van der Waals surface area contributed by atoms with Gasteiger partial charge in [0, 0.05) is 25.0 Å². The van der Waals surface area contributed by atoms with E-state index >= 15 is 0 Å². The summed E-state index contributed by atoms with van der Waals surface area (Å²) in [5.41, 5.74) is 1.28. The van der Waals surface area contributed by atoms with Gasteiger partial charge in [0.25, 0.3) is 0 Å². The van der Waals surface area contributed by atoms with Crippen molar-refractivity contribution in [1.82, 2.24) is 10.2 Å². The van der Waals surface area contributed by atoms with E-state index in [9.17, 15) is 4.79 Å². The van der Waals surface area contributed by atoms with Crippen molar-refractivity contribution >= 4 is 5.91 Å². The molecule has 3 rings (SSSR count). The Morgan fingerprint density at radius 2 is 1.95 bits per heavy atom. The number of rotatable bonds is 4. The second-order valence-corrected chi connectivity index (χ2v) is 6.14. The summed E-state index contributed by atoms with van der Waals surface area (Å²) in [5, 5.41) is 3.16. The van der Waals surface area contributed by atoms with Crippen LogP contribution in [0.4, 0.5) is 0 Å². The minimum atomic E-state index is -0.386. The summed E-state index contributed by atoms with van der Waals surface area (Å²) in [5.74, 6) is 0.344. The van der Waals surface area contributed by atoms with Crippen LogP contribution in [0.1, 0.15) is 24.3 Å². The number of benzene rings is 1. The number of likely N-dealkylation sites (tertiary alicyclic amines) is 1. The van der Waals surface area contributed by atoms with Crippen LogP contribution in [0.3, 0.4) is 0 Å². The Kier molecular flexibility index (Phi) is 5.08. The average Bonchev–Trinajstić information content (AvgIpc) is 2.89. The number of nitrogens with one attached hydrogen (secondary N) is 1. The lowest BCUT2D eigenvalue weighted by atomic mass is 9.94. The molecule has 1 aromatic rings. The number of nitrogens with zero attached hydrogens (tertiary/aromatic N) is 1. The molecule has 0 aliphatic carbocycles. The highest BCUT2D eigenvalue weighted by Gasteiger charge is 2.33. The van der Waals surface area contributed by atoms with E-state index in [1.165, 1.54) is 5.56 Å². The van der Waals surface area contributed by atoms with Crippen molar-refractivity contribution in [3.05, 3.63) is 35.9 Å². The highest BCUT2D eigenvalue weighted by atomic mass is 16.7. The van der Waals surface area contributed by atoms with Gasteiger partial charge in [0.15, 0.2) is 6.29 Å². The molecule has 0 aromatic heterocycles. The molecule has 2 unspecified atom stereocenters. The maximum Gasteiger partial charge on any atom is 0.225 e. The second-order valence-electron chi connectivity index (χ2n) is 6.14. The predicted octanol–water partition coefficient (Wildman–Crippen LogP) is 1.35. The van der Waals surface area contributed by atoms with Crippen LogP contribution in [0.5, 0.6) is 0 Å². The SMILES string of the molecule is CN1CC(NC(=O)CC2OCCCO2)C(c2ccccc2)C1. The van der Waals surface area contributed by atoms with Crippen LogP contribution in [0.25, 0.3) is 0 Å². The monoisotopic (exact) mass is 304 g/mol. The van der Waals surface area contributed by atoms with Crippen molar-refractivity contribution in [2.75, 3.05) is 33.4 Å². The summed E-state index contributed by atoms with van der Waals surface area (Å²) >= 11 is 0. The molecule has 1 amide bonds. The molecule has 22 heavy (non-hydrogen) atoms. The molecule has 0 saturated carbocycles. The lowest BCUT2D eigenvalue weighted by molar-refractivity contribution is -0.184. The van der Waals surface area contributed by atoms with Crippen LogP contribution < -0.4 is 5.32 Å². The van der Waals surface area contributed by atoms with E-state index in [-0.39, 0.29) is 24.7 Å². The first-order chi connectivity index (χ1) is 10.7. The molecule has 2 saturated heterocycles. The maximum atomic E-state index is 12.3. The molecule has 0 spiro atoms. The standard InChI is InChI=1S/C17H24N2O3/c1-19-11-14(13-6-3-2-4-7-13)15(12-19)18-16(20)10-17-21-8-5-9-22-17/h2-4,6-7,14-15,17H,5,8-12H2,1H3,(H,18,20). The third-order valence-electron chi connectivity index (χ3n) is 4.32. The summed E-state index contributed by atoms with van der Waals surface area (Å²) in [7, 11) is 2.09. The highest BCUT2D eigenvalue weighted by Crippen LogP contribution is 2.26. The zero-order valence-corrected chi connectivity index (χ0v) is 13.0. The third kappa shape index (κ3) is 3.85. The third-order valence-corrected chi connectivity index (χ3v) is 4.32. The van der Waals surface area contributed by atoms with Gasteiger partial charge in [0.2, 0.25) is 5.91 Å². The maximum absolute atomic E-state index is 12.3. The minimum Gasteiger partial charge on any atom is -0.352 e. The Morgan fingerprint density at radius 3 is 2.68 bits per heavy atom. The predicted molar refractivity (Wildman–Crippen MR) is 83.5 cm³/mol. The summed E-state index contributed by atoms with van der Waals surface area (Å²) in [4.78, 5) is 14.5.